The van der Waals surface area contributed by atoms with Gasteiger partial charge in [-0.15, -0.1) is 0 Å². The molecule has 2 aliphatic rings. The number of rotatable bonds is 3. The average Bonchev–Trinajstić information content (AvgIpc) is 2.69. The summed E-state index contributed by atoms with van der Waals surface area (Å²) < 4.78 is 0. The predicted molar refractivity (Wildman–Crippen MR) is 101 cm³/mol. The lowest BCUT2D eigenvalue weighted by molar-refractivity contribution is 0.367. The second kappa shape index (κ2) is 7.63. The summed E-state index contributed by atoms with van der Waals surface area (Å²) in [6.07, 6.45) is 6.74. The second-order valence-electron chi connectivity index (χ2n) is 7.44. The molecule has 4 nitrogen and oxygen atoms in total. The Morgan fingerprint density at radius 1 is 0.960 bits per heavy atom. The Kier molecular flexibility index (Phi) is 5.09. The van der Waals surface area contributed by atoms with Crippen LogP contribution < -0.4 is 10.6 Å². The van der Waals surface area contributed by atoms with Gasteiger partial charge in [0, 0.05) is 54.2 Å². The molecule has 4 rings (SSSR count). The number of aromatic nitrogens is 2. The number of aryl methyl sites for hydroxylation is 1. The summed E-state index contributed by atoms with van der Waals surface area (Å²) in [4.78, 5) is 9.48. The zero-order valence-corrected chi connectivity index (χ0v) is 15.0. The van der Waals surface area contributed by atoms with E-state index in [0.717, 1.165) is 26.1 Å². The Labute approximate surface area is 150 Å². The summed E-state index contributed by atoms with van der Waals surface area (Å²) in [6, 6.07) is 11.2. The molecule has 2 fully saturated rings. The lowest BCUT2D eigenvalue weighted by atomic mass is 9.87. The number of pyridine rings is 2. The van der Waals surface area contributed by atoms with Crippen molar-refractivity contribution in [2.75, 3.05) is 19.6 Å². The average molecular weight is 336 g/mol. The molecule has 3 unspecified atom stereocenters. The Morgan fingerprint density at radius 3 is 2.56 bits per heavy atom. The van der Waals surface area contributed by atoms with Gasteiger partial charge in [0.25, 0.3) is 0 Å². The minimum absolute atomic E-state index is 0.422. The van der Waals surface area contributed by atoms with Crippen LogP contribution in [0.5, 0.6) is 0 Å². The van der Waals surface area contributed by atoms with Crippen LogP contribution in [0.4, 0.5) is 0 Å². The molecule has 2 N–H and O–H groups in total. The van der Waals surface area contributed by atoms with E-state index in [1.54, 1.807) is 0 Å². The van der Waals surface area contributed by atoms with E-state index in [0.29, 0.717) is 17.9 Å². The van der Waals surface area contributed by atoms with Crippen molar-refractivity contribution in [2.45, 2.75) is 50.5 Å². The van der Waals surface area contributed by atoms with Crippen molar-refractivity contribution in [3.63, 3.8) is 0 Å². The number of nitrogens with one attached hydrogen (secondary N) is 2. The highest BCUT2D eigenvalue weighted by Crippen LogP contribution is 2.32. The molecule has 25 heavy (non-hydrogen) atoms. The molecule has 4 heteroatoms. The molecule has 0 aliphatic carbocycles. The van der Waals surface area contributed by atoms with Gasteiger partial charge in [-0.2, -0.15) is 0 Å². The zero-order chi connectivity index (χ0) is 17.1. The fourth-order valence-corrected chi connectivity index (χ4v) is 4.28. The maximum Gasteiger partial charge on any atom is 0.0450 e. The molecule has 2 aromatic rings. The smallest absolute Gasteiger partial charge is 0.0450 e. The summed E-state index contributed by atoms with van der Waals surface area (Å²) in [5.74, 6) is 1.10. The molecular weight excluding hydrogens is 308 g/mol. The topological polar surface area (TPSA) is 49.8 Å². The largest absolute Gasteiger partial charge is 0.316 e. The zero-order valence-electron chi connectivity index (χ0n) is 15.0. The second-order valence-corrected chi connectivity index (χ2v) is 7.44. The third kappa shape index (κ3) is 3.75. The lowest BCUT2D eigenvalue weighted by Crippen LogP contribution is -2.33. The number of hydrogen-bond donors (Lipinski definition) is 2. The molecule has 0 bridgehead atoms. The van der Waals surface area contributed by atoms with Crippen LogP contribution in [-0.4, -0.2) is 29.6 Å². The summed E-state index contributed by atoms with van der Waals surface area (Å²) in [7, 11) is 0. The highest BCUT2D eigenvalue weighted by molar-refractivity contribution is 5.28. The van der Waals surface area contributed by atoms with Crippen LogP contribution in [0.2, 0.25) is 0 Å². The Hall–Kier alpha value is -1.78. The Bertz CT molecular complexity index is 686. The molecule has 0 aromatic carbocycles. The summed E-state index contributed by atoms with van der Waals surface area (Å²) in [6.45, 7) is 5.38. The SMILES string of the molecule is Cc1nc(C2CCCNC2)ccc1C1CCC(c2ccccn2)CN1. The van der Waals surface area contributed by atoms with Crippen molar-refractivity contribution in [1.29, 1.82) is 0 Å². The van der Waals surface area contributed by atoms with Crippen LogP contribution in [0.3, 0.4) is 0 Å². The molecule has 4 heterocycles. The van der Waals surface area contributed by atoms with E-state index >= 15 is 0 Å². The van der Waals surface area contributed by atoms with Gasteiger partial charge in [0.2, 0.25) is 0 Å². The van der Waals surface area contributed by atoms with Gasteiger partial charge in [-0.1, -0.05) is 12.1 Å². The highest BCUT2D eigenvalue weighted by atomic mass is 14.9. The van der Waals surface area contributed by atoms with Crippen molar-refractivity contribution < 1.29 is 0 Å². The fourth-order valence-electron chi connectivity index (χ4n) is 4.28. The van der Waals surface area contributed by atoms with Crippen LogP contribution in [0, 0.1) is 6.92 Å². The molecule has 0 radical (unpaired) electrons. The van der Waals surface area contributed by atoms with Gasteiger partial charge in [0.05, 0.1) is 0 Å². The van der Waals surface area contributed by atoms with Crippen molar-refractivity contribution >= 4 is 0 Å². The monoisotopic (exact) mass is 336 g/mol. The van der Waals surface area contributed by atoms with E-state index in [9.17, 15) is 0 Å². The standard InChI is InChI=1S/C21H28N4/c1-15-18(8-10-20(25-15)16-5-4-11-22-13-16)21-9-7-17(14-24-21)19-6-2-3-12-23-19/h2-3,6,8,10,12,16-17,21-22,24H,4-5,7,9,11,13-14H2,1H3. The molecule has 2 saturated heterocycles. The molecule has 0 amide bonds. The lowest BCUT2D eigenvalue weighted by Gasteiger charge is -2.31. The summed E-state index contributed by atoms with van der Waals surface area (Å²) in [5.41, 5.74) is 5.03. The van der Waals surface area contributed by atoms with Gasteiger partial charge in [0.15, 0.2) is 0 Å². The van der Waals surface area contributed by atoms with E-state index in [2.05, 4.69) is 46.8 Å². The van der Waals surface area contributed by atoms with E-state index in [1.807, 2.05) is 12.3 Å². The number of piperidine rings is 2. The molecule has 0 saturated carbocycles. The minimum atomic E-state index is 0.422. The quantitative estimate of drug-likeness (QED) is 0.901. The first-order valence-corrected chi connectivity index (χ1v) is 9.63. The first-order chi connectivity index (χ1) is 12.3. The summed E-state index contributed by atoms with van der Waals surface area (Å²) in [5, 5.41) is 7.22. The normalized spacial score (nSPS) is 27.2. The molecule has 3 atom stereocenters. The van der Waals surface area contributed by atoms with E-state index < -0.39 is 0 Å². The maximum atomic E-state index is 4.96. The van der Waals surface area contributed by atoms with Crippen molar-refractivity contribution in [1.82, 2.24) is 20.6 Å². The van der Waals surface area contributed by atoms with Crippen LogP contribution in [0.1, 0.15) is 66.2 Å². The van der Waals surface area contributed by atoms with Crippen LogP contribution in [-0.2, 0) is 0 Å². The van der Waals surface area contributed by atoms with Gasteiger partial charge < -0.3 is 10.6 Å². The van der Waals surface area contributed by atoms with E-state index in [-0.39, 0.29) is 0 Å². The number of nitrogens with zero attached hydrogens (tertiary/aromatic N) is 2. The number of hydrogen-bond acceptors (Lipinski definition) is 4. The van der Waals surface area contributed by atoms with Crippen LogP contribution in [0.25, 0.3) is 0 Å². The first kappa shape index (κ1) is 16.7. The van der Waals surface area contributed by atoms with Gasteiger partial charge in [-0.25, -0.2) is 0 Å². The minimum Gasteiger partial charge on any atom is -0.316 e. The van der Waals surface area contributed by atoms with Gasteiger partial charge >= 0.3 is 0 Å². The maximum absolute atomic E-state index is 4.96. The van der Waals surface area contributed by atoms with E-state index in [1.165, 1.54) is 41.9 Å². The van der Waals surface area contributed by atoms with Crippen LogP contribution in [0.15, 0.2) is 36.5 Å². The third-order valence-corrected chi connectivity index (χ3v) is 5.76. The highest BCUT2D eigenvalue weighted by Gasteiger charge is 2.25. The molecule has 132 valence electrons. The Balaban J connectivity index is 1.42. The van der Waals surface area contributed by atoms with Crippen LogP contribution >= 0.6 is 0 Å². The van der Waals surface area contributed by atoms with Gasteiger partial charge in [0.1, 0.15) is 0 Å². The molecule has 2 aromatic heterocycles. The molecular formula is C21H28N4. The van der Waals surface area contributed by atoms with Crippen molar-refractivity contribution in [3.8, 4) is 0 Å². The van der Waals surface area contributed by atoms with Gasteiger partial charge in [-0.05, 0) is 62.9 Å². The van der Waals surface area contributed by atoms with E-state index in [4.69, 9.17) is 4.98 Å². The van der Waals surface area contributed by atoms with Crippen molar-refractivity contribution in [3.05, 3.63) is 59.2 Å². The fraction of sp³-hybridized carbons (Fsp3) is 0.524. The third-order valence-electron chi connectivity index (χ3n) is 5.76. The van der Waals surface area contributed by atoms with Crippen molar-refractivity contribution in [2.24, 2.45) is 0 Å². The first-order valence-electron chi connectivity index (χ1n) is 9.63. The van der Waals surface area contributed by atoms with Gasteiger partial charge in [-0.3, -0.25) is 9.97 Å². The Morgan fingerprint density at radius 2 is 1.88 bits per heavy atom. The molecule has 0 spiro atoms. The predicted octanol–water partition coefficient (Wildman–Crippen LogP) is 3.46. The summed E-state index contributed by atoms with van der Waals surface area (Å²) >= 11 is 0. The molecule has 2 aliphatic heterocycles.